The Balaban J connectivity index is 1.58. The lowest BCUT2D eigenvalue weighted by atomic mass is 9.91. The molecular weight excluding hydrogens is 502 g/mol. The van der Waals surface area contributed by atoms with Crippen molar-refractivity contribution in [2.24, 2.45) is 0 Å². The molecule has 0 unspecified atom stereocenters. The molecule has 8 rings (SSSR count). The van der Waals surface area contributed by atoms with E-state index in [1.807, 2.05) is 37.3 Å². The van der Waals surface area contributed by atoms with E-state index < -0.39 is 0 Å². The van der Waals surface area contributed by atoms with Crippen molar-refractivity contribution in [2.45, 2.75) is 6.92 Å². The Morgan fingerprint density at radius 2 is 1.41 bits per heavy atom. The Morgan fingerprint density at radius 3 is 2.24 bits per heavy atom. The maximum absolute atomic E-state index is 6.68. The van der Waals surface area contributed by atoms with E-state index in [9.17, 15) is 0 Å². The molecule has 0 amide bonds. The van der Waals surface area contributed by atoms with Crippen LogP contribution in [0.2, 0.25) is 0 Å². The standard InChI is InChI=1S/C38H25NO2/c1-3-12-25-29-21-24(19-20-34(29)40-32(25)4-2)28-22-30-35(36-27-16-9-11-18-33(27)41-38(28)36)26-15-8-10-17-31(26)39-37(30)23-13-6-5-7-14-23/h3-22H,2H2,1H3/b12-3-. The Bertz CT molecular complexity index is 2330. The van der Waals surface area contributed by atoms with Crippen molar-refractivity contribution < 1.29 is 8.83 Å². The summed E-state index contributed by atoms with van der Waals surface area (Å²) in [5.74, 6) is 0.768. The molecule has 3 heterocycles. The largest absolute Gasteiger partial charge is 0.456 e. The van der Waals surface area contributed by atoms with Gasteiger partial charge in [0, 0.05) is 49.0 Å². The van der Waals surface area contributed by atoms with Crippen LogP contribution in [0.3, 0.4) is 0 Å². The van der Waals surface area contributed by atoms with Gasteiger partial charge in [0.1, 0.15) is 22.5 Å². The first-order valence-electron chi connectivity index (χ1n) is 13.8. The third-order valence-corrected chi connectivity index (χ3v) is 7.94. The number of hydrogen-bond donors (Lipinski definition) is 0. The monoisotopic (exact) mass is 527 g/mol. The average Bonchev–Trinajstić information content (AvgIpc) is 3.59. The van der Waals surface area contributed by atoms with Crippen LogP contribution in [0.15, 0.2) is 125 Å². The summed E-state index contributed by atoms with van der Waals surface area (Å²) in [5, 5.41) is 6.61. The number of para-hydroxylation sites is 2. The van der Waals surface area contributed by atoms with Crippen LogP contribution in [-0.4, -0.2) is 4.98 Å². The fourth-order valence-corrected chi connectivity index (χ4v) is 6.15. The molecule has 0 fully saturated rings. The van der Waals surface area contributed by atoms with Crippen molar-refractivity contribution in [3.8, 4) is 22.4 Å². The van der Waals surface area contributed by atoms with Crippen molar-refractivity contribution in [1.29, 1.82) is 0 Å². The van der Waals surface area contributed by atoms with Gasteiger partial charge in [-0.25, -0.2) is 4.98 Å². The first kappa shape index (κ1) is 23.5. The van der Waals surface area contributed by atoms with Crippen LogP contribution >= 0.6 is 0 Å². The molecule has 5 aromatic carbocycles. The molecule has 194 valence electrons. The van der Waals surface area contributed by atoms with Crippen LogP contribution in [0.5, 0.6) is 0 Å². The second kappa shape index (κ2) is 9.07. The van der Waals surface area contributed by atoms with E-state index >= 15 is 0 Å². The Morgan fingerprint density at radius 1 is 0.659 bits per heavy atom. The number of furan rings is 2. The third kappa shape index (κ3) is 3.49. The Hall–Kier alpha value is -5.41. The predicted octanol–water partition coefficient (Wildman–Crippen LogP) is 11.0. The number of nitrogens with zero attached hydrogens (tertiary/aromatic N) is 1. The summed E-state index contributed by atoms with van der Waals surface area (Å²) in [4.78, 5) is 5.22. The summed E-state index contributed by atoms with van der Waals surface area (Å²) in [7, 11) is 0. The van der Waals surface area contributed by atoms with Gasteiger partial charge in [0.15, 0.2) is 0 Å². The molecule has 41 heavy (non-hydrogen) atoms. The Kier molecular flexibility index (Phi) is 5.19. The molecule has 8 aromatic rings. The van der Waals surface area contributed by atoms with E-state index in [1.165, 1.54) is 0 Å². The SMILES string of the molecule is C=Cc1oc2ccc(-c3cc4c(-c5ccccc5)nc5ccccc5c4c4c3oc3ccccc34)cc2c1/C=C\C. The third-order valence-electron chi connectivity index (χ3n) is 7.94. The second-order valence-corrected chi connectivity index (χ2v) is 10.3. The molecule has 0 radical (unpaired) electrons. The molecule has 0 bridgehead atoms. The highest BCUT2D eigenvalue weighted by atomic mass is 16.3. The van der Waals surface area contributed by atoms with E-state index in [1.54, 1.807) is 6.08 Å². The first-order valence-corrected chi connectivity index (χ1v) is 13.8. The zero-order valence-corrected chi connectivity index (χ0v) is 22.5. The summed E-state index contributed by atoms with van der Waals surface area (Å²) < 4.78 is 12.8. The first-order chi connectivity index (χ1) is 20.2. The normalized spacial score (nSPS) is 12.0. The summed E-state index contributed by atoms with van der Waals surface area (Å²) in [6.45, 7) is 5.98. The van der Waals surface area contributed by atoms with Crippen LogP contribution in [0, 0.1) is 0 Å². The molecule has 0 atom stereocenters. The second-order valence-electron chi connectivity index (χ2n) is 10.3. The number of pyridine rings is 1. The lowest BCUT2D eigenvalue weighted by molar-refractivity contribution is 0.603. The van der Waals surface area contributed by atoms with Crippen molar-refractivity contribution in [3.05, 3.63) is 127 Å². The van der Waals surface area contributed by atoms with Gasteiger partial charge in [-0.2, -0.15) is 0 Å². The van der Waals surface area contributed by atoms with Gasteiger partial charge in [0.2, 0.25) is 0 Å². The molecule has 3 heteroatoms. The van der Waals surface area contributed by atoms with Crippen molar-refractivity contribution in [1.82, 2.24) is 4.98 Å². The average molecular weight is 528 g/mol. The highest BCUT2D eigenvalue weighted by Crippen LogP contribution is 2.46. The van der Waals surface area contributed by atoms with Crippen LogP contribution in [0.25, 0.3) is 89.1 Å². The number of rotatable bonds is 4. The number of aromatic nitrogens is 1. The van der Waals surface area contributed by atoms with Crippen LogP contribution in [0.4, 0.5) is 0 Å². The molecule has 0 aliphatic heterocycles. The van der Waals surface area contributed by atoms with Gasteiger partial charge in [-0.3, -0.25) is 0 Å². The highest BCUT2D eigenvalue weighted by molar-refractivity contribution is 6.30. The summed E-state index contributed by atoms with van der Waals surface area (Å²) in [6.07, 6.45) is 5.87. The van der Waals surface area contributed by atoms with Gasteiger partial charge < -0.3 is 8.83 Å². The zero-order valence-electron chi connectivity index (χ0n) is 22.5. The summed E-state index contributed by atoms with van der Waals surface area (Å²) >= 11 is 0. The molecule has 3 aromatic heterocycles. The van der Waals surface area contributed by atoms with Crippen LogP contribution < -0.4 is 0 Å². The minimum Gasteiger partial charge on any atom is -0.456 e. The number of fused-ring (bicyclic) bond motifs is 8. The van der Waals surface area contributed by atoms with Gasteiger partial charge in [0.05, 0.1) is 11.2 Å². The smallest absolute Gasteiger partial charge is 0.143 e. The summed E-state index contributed by atoms with van der Waals surface area (Å²) in [6, 6.07) is 35.7. The lowest BCUT2D eigenvalue weighted by Gasteiger charge is -2.14. The van der Waals surface area contributed by atoms with E-state index in [0.29, 0.717) is 0 Å². The summed E-state index contributed by atoms with van der Waals surface area (Å²) in [5.41, 5.74) is 8.67. The van der Waals surface area contributed by atoms with E-state index in [-0.39, 0.29) is 0 Å². The molecule has 0 saturated carbocycles. The number of hydrogen-bond acceptors (Lipinski definition) is 3. The molecule has 0 aliphatic rings. The van der Waals surface area contributed by atoms with Crippen LogP contribution in [0.1, 0.15) is 18.2 Å². The quantitative estimate of drug-likeness (QED) is 0.214. The van der Waals surface area contributed by atoms with E-state index in [0.717, 1.165) is 88.3 Å². The fraction of sp³-hybridized carbons (Fsp3) is 0.0263. The topological polar surface area (TPSA) is 39.2 Å². The molecule has 3 nitrogen and oxygen atoms in total. The maximum atomic E-state index is 6.68. The lowest BCUT2D eigenvalue weighted by Crippen LogP contribution is -1.92. The van der Waals surface area contributed by atoms with Crippen LogP contribution in [-0.2, 0) is 0 Å². The fourth-order valence-electron chi connectivity index (χ4n) is 6.15. The van der Waals surface area contributed by atoms with Crippen molar-refractivity contribution in [3.63, 3.8) is 0 Å². The van der Waals surface area contributed by atoms with Gasteiger partial charge in [0.25, 0.3) is 0 Å². The van der Waals surface area contributed by atoms with Crippen molar-refractivity contribution >= 4 is 66.7 Å². The Labute approximate surface area is 236 Å². The molecule has 0 spiro atoms. The van der Waals surface area contributed by atoms with Gasteiger partial charge in [-0.05, 0) is 48.9 Å². The maximum Gasteiger partial charge on any atom is 0.143 e. The predicted molar refractivity (Wildman–Crippen MR) is 172 cm³/mol. The molecule has 0 saturated heterocycles. The van der Waals surface area contributed by atoms with Gasteiger partial charge >= 0.3 is 0 Å². The van der Waals surface area contributed by atoms with E-state index in [4.69, 9.17) is 13.8 Å². The van der Waals surface area contributed by atoms with Crippen molar-refractivity contribution in [2.75, 3.05) is 0 Å². The molecular formula is C38H25NO2. The minimum absolute atomic E-state index is 0.768. The van der Waals surface area contributed by atoms with E-state index in [2.05, 4.69) is 91.5 Å². The minimum atomic E-state index is 0.768. The van der Waals surface area contributed by atoms with Gasteiger partial charge in [-0.15, -0.1) is 0 Å². The molecule has 0 N–H and O–H groups in total. The van der Waals surface area contributed by atoms with Gasteiger partial charge in [-0.1, -0.05) is 91.5 Å². The zero-order chi connectivity index (χ0) is 27.5. The number of benzene rings is 5. The number of allylic oxidation sites excluding steroid dienone is 1. The highest BCUT2D eigenvalue weighted by Gasteiger charge is 2.22. The molecule has 0 aliphatic carbocycles.